The Hall–Kier alpha value is -0.540. The van der Waals surface area contributed by atoms with Crippen LogP contribution in [0, 0.1) is 5.92 Å². The zero-order valence-corrected chi connectivity index (χ0v) is 10.3. The molecule has 3 nitrogen and oxygen atoms in total. The van der Waals surface area contributed by atoms with Gasteiger partial charge in [-0.25, -0.2) is 4.98 Å². The number of rotatable bonds is 5. The van der Waals surface area contributed by atoms with Crippen molar-refractivity contribution in [1.29, 1.82) is 0 Å². The summed E-state index contributed by atoms with van der Waals surface area (Å²) in [6.45, 7) is 3.17. The van der Waals surface area contributed by atoms with Gasteiger partial charge in [-0.05, 0) is 18.8 Å². The highest BCUT2D eigenvalue weighted by Gasteiger charge is 2.35. The van der Waals surface area contributed by atoms with E-state index in [9.17, 15) is 0 Å². The smallest absolute Gasteiger partial charge is 0.122 e. The molecule has 2 atom stereocenters. The Labute approximate surface area is 97.7 Å². The summed E-state index contributed by atoms with van der Waals surface area (Å²) in [6, 6.07) is 0.756. The molecule has 2 rings (SSSR count). The minimum absolute atomic E-state index is 0. The fourth-order valence-corrected chi connectivity index (χ4v) is 1.98. The van der Waals surface area contributed by atoms with Gasteiger partial charge in [-0.3, -0.25) is 0 Å². The van der Waals surface area contributed by atoms with Crippen LogP contribution in [0.15, 0.2) is 12.4 Å². The highest BCUT2D eigenvalue weighted by Crippen LogP contribution is 2.34. The third kappa shape index (κ3) is 3.21. The SMILES string of the molecule is CCCC1CC1NCc1nccn1C.Cl. The van der Waals surface area contributed by atoms with Gasteiger partial charge in [0, 0.05) is 25.5 Å². The van der Waals surface area contributed by atoms with Gasteiger partial charge in [0.1, 0.15) is 5.82 Å². The lowest BCUT2D eigenvalue weighted by Gasteiger charge is -2.03. The molecule has 1 fully saturated rings. The lowest BCUT2D eigenvalue weighted by Crippen LogP contribution is -2.19. The molecular weight excluding hydrogens is 210 g/mol. The van der Waals surface area contributed by atoms with Crippen molar-refractivity contribution in [3.8, 4) is 0 Å². The molecule has 1 aliphatic carbocycles. The summed E-state index contributed by atoms with van der Waals surface area (Å²) in [5.74, 6) is 2.06. The molecule has 0 aromatic carbocycles. The van der Waals surface area contributed by atoms with Crippen molar-refractivity contribution in [1.82, 2.24) is 14.9 Å². The van der Waals surface area contributed by atoms with Gasteiger partial charge in [-0.2, -0.15) is 0 Å². The lowest BCUT2D eigenvalue weighted by atomic mass is 10.2. The average Bonchev–Trinajstić information content (AvgIpc) is 2.78. The molecule has 0 amide bonds. The van der Waals surface area contributed by atoms with Crippen LogP contribution < -0.4 is 5.32 Å². The second kappa shape index (κ2) is 5.52. The predicted molar refractivity (Wildman–Crippen MR) is 64.1 cm³/mol. The van der Waals surface area contributed by atoms with E-state index in [0.717, 1.165) is 24.3 Å². The number of imidazole rings is 1. The summed E-state index contributed by atoms with van der Waals surface area (Å²) >= 11 is 0. The second-order valence-corrected chi connectivity index (χ2v) is 4.23. The highest BCUT2D eigenvalue weighted by molar-refractivity contribution is 5.85. The summed E-state index contributed by atoms with van der Waals surface area (Å²) in [4.78, 5) is 4.29. The number of nitrogens with one attached hydrogen (secondary N) is 1. The van der Waals surface area contributed by atoms with Gasteiger partial charge in [0.25, 0.3) is 0 Å². The van der Waals surface area contributed by atoms with Crippen molar-refractivity contribution in [3.05, 3.63) is 18.2 Å². The molecule has 0 saturated heterocycles. The molecule has 0 radical (unpaired) electrons. The first-order valence-corrected chi connectivity index (χ1v) is 5.51. The van der Waals surface area contributed by atoms with Crippen molar-refractivity contribution in [2.45, 2.75) is 38.8 Å². The number of hydrogen-bond acceptors (Lipinski definition) is 2. The van der Waals surface area contributed by atoms with Crippen molar-refractivity contribution < 1.29 is 0 Å². The van der Waals surface area contributed by atoms with E-state index in [-0.39, 0.29) is 12.4 Å². The minimum Gasteiger partial charge on any atom is -0.337 e. The van der Waals surface area contributed by atoms with E-state index in [1.165, 1.54) is 19.3 Å². The molecule has 15 heavy (non-hydrogen) atoms. The minimum atomic E-state index is 0. The van der Waals surface area contributed by atoms with Crippen LogP contribution in [-0.4, -0.2) is 15.6 Å². The van der Waals surface area contributed by atoms with Gasteiger partial charge in [-0.1, -0.05) is 13.3 Å². The van der Waals surface area contributed by atoms with Crippen LogP contribution in [-0.2, 0) is 13.6 Å². The Bertz CT molecular complexity index is 298. The zero-order chi connectivity index (χ0) is 9.97. The zero-order valence-electron chi connectivity index (χ0n) is 9.44. The van der Waals surface area contributed by atoms with E-state index in [1.54, 1.807) is 0 Å². The number of hydrogen-bond donors (Lipinski definition) is 1. The van der Waals surface area contributed by atoms with Crippen LogP contribution in [0.2, 0.25) is 0 Å². The van der Waals surface area contributed by atoms with Crippen LogP contribution >= 0.6 is 12.4 Å². The monoisotopic (exact) mass is 229 g/mol. The van der Waals surface area contributed by atoms with Crippen molar-refractivity contribution >= 4 is 12.4 Å². The Kier molecular flexibility index (Phi) is 4.61. The molecule has 1 saturated carbocycles. The first-order valence-electron chi connectivity index (χ1n) is 5.51. The second-order valence-electron chi connectivity index (χ2n) is 4.23. The summed E-state index contributed by atoms with van der Waals surface area (Å²) in [6.07, 6.45) is 7.89. The highest BCUT2D eigenvalue weighted by atomic mass is 35.5. The molecule has 0 aliphatic heterocycles. The van der Waals surface area contributed by atoms with Crippen molar-refractivity contribution in [3.63, 3.8) is 0 Å². The molecule has 0 bridgehead atoms. The lowest BCUT2D eigenvalue weighted by molar-refractivity contribution is 0.578. The van der Waals surface area contributed by atoms with Crippen LogP contribution in [0.25, 0.3) is 0 Å². The summed E-state index contributed by atoms with van der Waals surface area (Å²) in [5.41, 5.74) is 0. The quantitative estimate of drug-likeness (QED) is 0.839. The largest absolute Gasteiger partial charge is 0.337 e. The molecule has 86 valence electrons. The summed E-state index contributed by atoms with van der Waals surface area (Å²) < 4.78 is 2.07. The van der Waals surface area contributed by atoms with Gasteiger partial charge in [0.15, 0.2) is 0 Å². The maximum absolute atomic E-state index is 4.29. The Morgan fingerprint density at radius 3 is 3.00 bits per heavy atom. The summed E-state index contributed by atoms with van der Waals surface area (Å²) in [7, 11) is 2.04. The van der Waals surface area contributed by atoms with Crippen LogP contribution in [0.1, 0.15) is 32.0 Å². The molecule has 1 aromatic rings. The fraction of sp³-hybridized carbons (Fsp3) is 0.727. The molecular formula is C11H20ClN3. The molecule has 4 heteroatoms. The maximum atomic E-state index is 4.29. The number of nitrogens with zero attached hydrogens (tertiary/aromatic N) is 2. The average molecular weight is 230 g/mol. The molecule has 1 aromatic heterocycles. The van der Waals surface area contributed by atoms with Gasteiger partial charge in [-0.15, -0.1) is 12.4 Å². The third-order valence-corrected chi connectivity index (χ3v) is 3.03. The maximum Gasteiger partial charge on any atom is 0.122 e. The van der Waals surface area contributed by atoms with E-state index in [1.807, 2.05) is 19.4 Å². The molecule has 1 N–H and O–H groups in total. The third-order valence-electron chi connectivity index (χ3n) is 3.03. The number of aryl methyl sites for hydroxylation is 1. The summed E-state index contributed by atoms with van der Waals surface area (Å²) in [5, 5.41) is 3.55. The van der Waals surface area contributed by atoms with Crippen LogP contribution in [0.3, 0.4) is 0 Å². The number of halogens is 1. The van der Waals surface area contributed by atoms with Crippen LogP contribution in [0.4, 0.5) is 0 Å². The number of aromatic nitrogens is 2. The van der Waals surface area contributed by atoms with E-state index in [2.05, 4.69) is 21.8 Å². The molecule has 0 spiro atoms. The van der Waals surface area contributed by atoms with Gasteiger partial charge < -0.3 is 9.88 Å². The van der Waals surface area contributed by atoms with E-state index >= 15 is 0 Å². The Morgan fingerprint density at radius 2 is 2.40 bits per heavy atom. The van der Waals surface area contributed by atoms with E-state index in [0.29, 0.717) is 0 Å². The molecule has 1 heterocycles. The van der Waals surface area contributed by atoms with Crippen molar-refractivity contribution in [2.24, 2.45) is 13.0 Å². The van der Waals surface area contributed by atoms with Gasteiger partial charge in [0.05, 0.1) is 6.54 Å². The first kappa shape index (κ1) is 12.5. The predicted octanol–water partition coefficient (Wildman–Crippen LogP) is 2.12. The van der Waals surface area contributed by atoms with Crippen LogP contribution in [0.5, 0.6) is 0 Å². The fourth-order valence-electron chi connectivity index (χ4n) is 1.98. The van der Waals surface area contributed by atoms with E-state index < -0.39 is 0 Å². The normalized spacial score (nSPS) is 23.6. The van der Waals surface area contributed by atoms with Gasteiger partial charge >= 0.3 is 0 Å². The Morgan fingerprint density at radius 1 is 1.60 bits per heavy atom. The van der Waals surface area contributed by atoms with Crippen molar-refractivity contribution in [2.75, 3.05) is 0 Å². The van der Waals surface area contributed by atoms with Gasteiger partial charge in [0.2, 0.25) is 0 Å². The molecule has 1 aliphatic rings. The topological polar surface area (TPSA) is 29.9 Å². The Balaban J connectivity index is 0.00000112. The first-order chi connectivity index (χ1) is 6.81. The standard InChI is InChI=1S/C11H19N3.ClH/c1-3-4-9-7-10(9)13-8-11-12-5-6-14(11)2;/h5-6,9-10,13H,3-4,7-8H2,1-2H3;1H. The molecule has 2 unspecified atom stereocenters. The van der Waals surface area contributed by atoms with E-state index in [4.69, 9.17) is 0 Å².